The highest BCUT2D eigenvalue weighted by atomic mass is 19.4. The highest BCUT2D eigenvalue weighted by molar-refractivity contribution is 5.90. The number of halogens is 3. The number of rotatable bonds is 7. The van der Waals surface area contributed by atoms with Crippen LogP contribution in [0.5, 0.6) is 5.75 Å². The van der Waals surface area contributed by atoms with Crippen molar-refractivity contribution in [2.45, 2.75) is 32.9 Å². The van der Waals surface area contributed by atoms with Gasteiger partial charge in [0.15, 0.2) is 0 Å². The summed E-state index contributed by atoms with van der Waals surface area (Å²) in [6, 6.07) is 6.80. The molecule has 0 heterocycles. The van der Waals surface area contributed by atoms with Gasteiger partial charge in [-0.3, -0.25) is 0 Å². The van der Waals surface area contributed by atoms with Gasteiger partial charge in [0.05, 0.1) is 13.2 Å². The van der Waals surface area contributed by atoms with Crippen LogP contribution in [0.15, 0.2) is 30.3 Å². The lowest BCUT2D eigenvalue weighted by Crippen LogP contribution is -2.09. The number of hydrogen-bond donors (Lipinski definition) is 0. The first-order chi connectivity index (χ1) is 10.3. The van der Waals surface area contributed by atoms with Crippen LogP contribution in [0.1, 0.15) is 32.3 Å². The summed E-state index contributed by atoms with van der Waals surface area (Å²) < 4.78 is 46.0. The Morgan fingerprint density at radius 1 is 1.23 bits per heavy atom. The molecule has 122 valence electrons. The topological polar surface area (TPSA) is 35.5 Å². The second kappa shape index (κ2) is 8.46. The van der Waals surface area contributed by atoms with E-state index in [-0.39, 0.29) is 13.0 Å². The van der Waals surface area contributed by atoms with E-state index in [2.05, 4.69) is 0 Å². The smallest absolute Gasteiger partial charge is 0.389 e. The largest absolute Gasteiger partial charge is 0.494 e. The maximum Gasteiger partial charge on any atom is 0.389 e. The third-order valence-corrected chi connectivity index (χ3v) is 2.80. The molecule has 22 heavy (non-hydrogen) atoms. The SMILES string of the molecule is CCOC(=O)/C=C(\C)c1ccc(OCCCC(F)(F)F)cc1. The molecule has 0 atom stereocenters. The Bertz CT molecular complexity index is 504. The second-order valence-electron chi connectivity index (χ2n) is 4.67. The van der Waals surface area contributed by atoms with Crippen molar-refractivity contribution in [1.29, 1.82) is 0 Å². The van der Waals surface area contributed by atoms with Crippen molar-refractivity contribution in [3.63, 3.8) is 0 Å². The maximum absolute atomic E-state index is 12.0. The maximum atomic E-state index is 12.0. The van der Waals surface area contributed by atoms with Gasteiger partial charge in [-0.05, 0) is 43.5 Å². The van der Waals surface area contributed by atoms with Crippen molar-refractivity contribution in [2.75, 3.05) is 13.2 Å². The van der Waals surface area contributed by atoms with Gasteiger partial charge >= 0.3 is 12.1 Å². The molecule has 0 aliphatic heterocycles. The van der Waals surface area contributed by atoms with Crippen molar-refractivity contribution >= 4 is 11.5 Å². The van der Waals surface area contributed by atoms with Crippen LogP contribution in [0.25, 0.3) is 5.57 Å². The number of benzene rings is 1. The number of allylic oxidation sites excluding steroid dienone is 1. The molecule has 0 saturated heterocycles. The fourth-order valence-electron chi connectivity index (χ4n) is 1.72. The van der Waals surface area contributed by atoms with E-state index in [0.29, 0.717) is 12.4 Å². The third-order valence-electron chi connectivity index (χ3n) is 2.80. The average Bonchev–Trinajstić information content (AvgIpc) is 2.43. The van der Waals surface area contributed by atoms with Crippen molar-refractivity contribution in [3.8, 4) is 5.75 Å². The van der Waals surface area contributed by atoms with Gasteiger partial charge in [-0.25, -0.2) is 4.79 Å². The first-order valence-electron chi connectivity index (χ1n) is 6.97. The number of alkyl halides is 3. The standard InChI is InChI=1S/C16H19F3O3/c1-3-21-15(20)11-12(2)13-5-7-14(8-6-13)22-10-4-9-16(17,18)19/h5-8,11H,3-4,9-10H2,1-2H3/b12-11+. The van der Waals surface area contributed by atoms with Crippen LogP contribution in [-0.2, 0) is 9.53 Å². The number of carbonyl (C=O) groups is 1. The molecule has 1 rings (SSSR count). The van der Waals surface area contributed by atoms with Crippen LogP contribution < -0.4 is 4.74 Å². The van der Waals surface area contributed by atoms with Crippen molar-refractivity contribution in [3.05, 3.63) is 35.9 Å². The number of esters is 1. The number of carbonyl (C=O) groups excluding carboxylic acids is 1. The van der Waals surface area contributed by atoms with E-state index in [1.54, 1.807) is 38.1 Å². The molecule has 0 amide bonds. The molecule has 3 nitrogen and oxygen atoms in total. The molecule has 0 radical (unpaired) electrons. The van der Waals surface area contributed by atoms with Crippen molar-refractivity contribution < 1.29 is 27.4 Å². The van der Waals surface area contributed by atoms with Crippen LogP contribution in [0.3, 0.4) is 0 Å². The number of ether oxygens (including phenoxy) is 2. The van der Waals surface area contributed by atoms with Crippen LogP contribution in [-0.4, -0.2) is 25.4 Å². The van der Waals surface area contributed by atoms with E-state index in [1.165, 1.54) is 6.08 Å². The van der Waals surface area contributed by atoms with E-state index in [4.69, 9.17) is 9.47 Å². The molecule has 0 spiro atoms. The molecule has 1 aromatic carbocycles. The highest BCUT2D eigenvalue weighted by Crippen LogP contribution is 2.22. The summed E-state index contributed by atoms with van der Waals surface area (Å²) in [5.41, 5.74) is 1.55. The molecule has 0 saturated carbocycles. The minimum Gasteiger partial charge on any atom is -0.494 e. The van der Waals surface area contributed by atoms with Gasteiger partial charge < -0.3 is 9.47 Å². The molecule has 0 fully saturated rings. The lowest BCUT2D eigenvalue weighted by atomic mass is 10.1. The van der Waals surface area contributed by atoms with E-state index in [0.717, 1.165) is 11.1 Å². The molecule has 0 aliphatic rings. The summed E-state index contributed by atoms with van der Waals surface area (Å²) in [4.78, 5) is 11.3. The Labute approximate surface area is 127 Å². The molecule has 0 aliphatic carbocycles. The minimum atomic E-state index is -4.15. The summed E-state index contributed by atoms with van der Waals surface area (Å²) in [7, 11) is 0. The van der Waals surface area contributed by atoms with Gasteiger partial charge in [0.2, 0.25) is 0 Å². The van der Waals surface area contributed by atoms with Crippen LogP contribution >= 0.6 is 0 Å². The third kappa shape index (κ3) is 7.15. The molecule has 0 unspecified atom stereocenters. The molecular formula is C16H19F3O3. The predicted molar refractivity (Wildman–Crippen MR) is 77.5 cm³/mol. The Hall–Kier alpha value is -1.98. The van der Waals surface area contributed by atoms with Gasteiger partial charge in [-0.1, -0.05) is 12.1 Å². The fraction of sp³-hybridized carbons (Fsp3) is 0.438. The average molecular weight is 316 g/mol. The van der Waals surface area contributed by atoms with Crippen LogP contribution in [0, 0.1) is 0 Å². The minimum absolute atomic E-state index is 0.0104. The molecule has 0 N–H and O–H groups in total. The molecule has 6 heteroatoms. The van der Waals surface area contributed by atoms with E-state index in [1.807, 2.05) is 0 Å². The van der Waals surface area contributed by atoms with E-state index in [9.17, 15) is 18.0 Å². The van der Waals surface area contributed by atoms with Gasteiger partial charge in [0.25, 0.3) is 0 Å². The first-order valence-corrected chi connectivity index (χ1v) is 6.97. The van der Waals surface area contributed by atoms with Crippen LogP contribution in [0.4, 0.5) is 13.2 Å². The first kappa shape index (κ1) is 18.1. The predicted octanol–water partition coefficient (Wildman–Crippen LogP) is 4.37. The Morgan fingerprint density at radius 2 is 1.86 bits per heavy atom. The van der Waals surface area contributed by atoms with Gasteiger partial charge in [0.1, 0.15) is 5.75 Å². The van der Waals surface area contributed by atoms with E-state index < -0.39 is 18.6 Å². The Morgan fingerprint density at radius 3 is 2.41 bits per heavy atom. The van der Waals surface area contributed by atoms with E-state index >= 15 is 0 Å². The lowest BCUT2D eigenvalue weighted by Gasteiger charge is -2.09. The Kier molecular flexibility index (Phi) is 6.95. The molecule has 1 aromatic rings. The van der Waals surface area contributed by atoms with Crippen molar-refractivity contribution in [1.82, 2.24) is 0 Å². The lowest BCUT2D eigenvalue weighted by molar-refractivity contribution is -0.137. The second-order valence-corrected chi connectivity index (χ2v) is 4.67. The van der Waals surface area contributed by atoms with Gasteiger partial charge in [-0.2, -0.15) is 13.2 Å². The zero-order valence-electron chi connectivity index (χ0n) is 12.6. The number of hydrogen-bond acceptors (Lipinski definition) is 3. The quantitative estimate of drug-likeness (QED) is 0.425. The molecule has 0 bridgehead atoms. The van der Waals surface area contributed by atoms with Gasteiger partial charge in [-0.15, -0.1) is 0 Å². The normalized spacial score (nSPS) is 12.1. The summed E-state index contributed by atoms with van der Waals surface area (Å²) in [6.07, 6.45) is -3.69. The molecular weight excluding hydrogens is 297 g/mol. The van der Waals surface area contributed by atoms with Crippen LogP contribution in [0.2, 0.25) is 0 Å². The Balaban J connectivity index is 2.51. The molecule has 0 aromatic heterocycles. The van der Waals surface area contributed by atoms with Gasteiger partial charge in [0, 0.05) is 12.5 Å². The van der Waals surface area contributed by atoms with Crippen molar-refractivity contribution in [2.24, 2.45) is 0 Å². The zero-order valence-corrected chi connectivity index (χ0v) is 12.6. The summed E-state index contributed by atoms with van der Waals surface area (Å²) in [5.74, 6) is 0.0855. The zero-order chi connectivity index (χ0) is 16.6. The fourth-order valence-corrected chi connectivity index (χ4v) is 1.72. The summed E-state index contributed by atoms with van der Waals surface area (Å²) in [6.45, 7) is 3.83. The monoisotopic (exact) mass is 316 g/mol. The summed E-state index contributed by atoms with van der Waals surface area (Å²) in [5, 5.41) is 0. The highest BCUT2D eigenvalue weighted by Gasteiger charge is 2.26. The summed E-state index contributed by atoms with van der Waals surface area (Å²) >= 11 is 0.